The van der Waals surface area contributed by atoms with Crippen molar-refractivity contribution in [3.05, 3.63) is 36.2 Å². The van der Waals surface area contributed by atoms with Crippen LogP contribution in [0.4, 0.5) is 0 Å². The molecule has 2 rings (SSSR count). The van der Waals surface area contributed by atoms with Gasteiger partial charge in [0.1, 0.15) is 0 Å². The van der Waals surface area contributed by atoms with Crippen LogP contribution in [0.5, 0.6) is 0 Å². The second-order valence-electron chi connectivity index (χ2n) is 3.64. The van der Waals surface area contributed by atoms with Gasteiger partial charge in [-0.25, -0.2) is 0 Å². The standard InChI is InChI=1S/C11H13N3O/c1-8(12)5-9-3-2-4-10(6-9)11-13-7-15-14-11/h2-4,6-8H,5,12H2,1H3. The summed E-state index contributed by atoms with van der Waals surface area (Å²) in [7, 11) is 0. The van der Waals surface area contributed by atoms with Gasteiger partial charge in [-0.3, -0.25) is 0 Å². The van der Waals surface area contributed by atoms with Gasteiger partial charge in [-0.1, -0.05) is 23.4 Å². The molecule has 0 aliphatic carbocycles. The molecular weight excluding hydrogens is 190 g/mol. The second-order valence-corrected chi connectivity index (χ2v) is 3.64. The lowest BCUT2D eigenvalue weighted by atomic mass is 10.0. The highest BCUT2D eigenvalue weighted by atomic mass is 16.5. The minimum atomic E-state index is 0.158. The lowest BCUT2D eigenvalue weighted by Gasteiger charge is -2.05. The van der Waals surface area contributed by atoms with Crippen LogP contribution in [0.15, 0.2) is 35.2 Å². The number of nitrogens with two attached hydrogens (primary N) is 1. The van der Waals surface area contributed by atoms with Crippen LogP contribution in [-0.2, 0) is 6.42 Å². The summed E-state index contributed by atoms with van der Waals surface area (Å²) in [6.07, 6.45) is 2.18. The van der Waals surface area contributed by atoms with Crippen LogP contribution in [0, 0.1) is 0 Å². The maximum atomic E-state index is 5.74. The summed E-state index contributed by atoms with van der Waals surface area (Å²) in [4.78, 5) is 4.00. The number of nitrogens with zero attached hydrogens (tertiary/aromatic N) is 2. The molecule has 2 aromatic rings. The van der Waals surface area contributed by atoms with Gasteiger partial charge in [-0.15, -0.1) is 0 Å². The molecule has 4 heteroatoms. The zero-order valence-electron chi connectivity index (χ0n) is 8.55. The first kappa shape index (κ1) is 9.86. The van der Waals surface area contributed by atoms with Crippen molar-refractivity contribution in [1.82, 2.24) is 10.1 Å². The van der Waals surface area contributed by atoms with Crippen molar-refractivity contribution in [2.24, 2.45) is 5.73 Å². The van der Waals surface area contributed by atoms with Gasteiger partial charge in [0, 0.05) is 11.6 Å². The van der Waals surface area contributed by atoms with Crippen LogP contribution in [0.2, 0.25) is 0 Å². The normalized spacial score (nSPS) is 12.7. The third-order valence-electron chi connectivity index (χ3n) is 2.10. The summed E-state index contributed by atoms with van der Waals surface area (Å²) in [5, 5.41) is 3.79. The molecule has 0 radical (unpaired) electrons. The molecule has 0 spiro atoms. The van der Waals surface area contributed by atoms with E-state index in [2.05, 4.69) is 10.1 Å². The smallest absolute Gasteiger partial charge is 0.214 e. The van der Waals surface area contributed by atoms with Gasteiger partial charge in [0.15, 0.2) is 0 Å². The van der Waals surface area contributed by atoms with E-state index >= 15 is 0 Å². The average molecular weight is 203 g/mol. The van der Waals surface area contributed by atoms with Crippen LogP contribution >= 0.6 is 0 Å². The van der Waals surface area contributed by atoms with E-state index < -0.39 is 0 Å². The van der Waals surface area contributed by atoms with E-state index in [0.717, 1.165) is 12.0 Å². The molecule has 1 aromatic carbocycles. The molecule has 4 nitrogen and oxygen atoms in total. The average Bonchev–Trinajstić information content (AvgIpc) is 2.69. The minimum absolute atomic E-state index is 0.158. The molecular formula is C11H13N3O. The third kappa shape index (κ3) is 2.41. The van der Waals surface area contributed by atoms with Gasteiger partial charge >= 0.3 is 0 Å². The topological polar surface area (TPSA) is 64.9 Å². The molecule has 0 fully saturated rings. The second kappa shape index (κ2) is 4.23. The Balaban J connectivity index is 2.27. The van der Waals surface area contributed by atoms with Gasteiger partial charge in [-0.05, 0) is 25.0 Å². The Bertz CT molecular complexity index is 423. The maximum absolute atomic E-state index is 5.74. The summed E-state index contributed by atoms with van der Waals surface area (Å²) < 4.78 is 4.70. The van der Waals surface area contributed by atoms with Gasteiger partial charge < -0.3 is 10.3 Å². The molecule has 78 valence electrons. The minimum Gasteiger partial charge on any atom is -0.342 e. The first-order chi connectivity index (χ1) is 7.25. The predicted octanol–water partition coefficient (Wildman–Crippen LogP) is 1.63. The largest absolute Gasteiger partial charge is 0.342 e. The zero-order chi connectivity index (χ0) is 10.7. The Kier molecular flexibility index (Phi) is 2.78. The Hall–Kier alpha value is -1.68. The van der Waals surface area contributed by atoms with Crippen LogP contribution in [-0.4, -0.2) is 16.2 Å². The molecule has 1 unspecified atom stereocenters. The van der Waals surface area contributed by atoms with E-state index in [-0.39, 0.29) is 6.04 Å². The van der Waals surface area contributed by atoms with Gasteiger partial charge in [-0.2, -0.15) is 4.98 Å². The van der Waals surface area contributed by atoms with Crippen molar-refractivity contribution in [1.29, 1.82) is 0 Å². The molecule has 2 N–H and O–H groups in total. The molecule has 0 saturated heterocycles. The van der Waals surface area contributed by atoms with Gasteiger partial charge in [0.2, 0.25) is 12.2 Å². The van der Waals surface area contributed by atoms with E-state index in [0.29, 0.717) is 5.82 Å². The van der Waals surface area contributed by atoms with E-state index in [1.165, 1.54) is 12.0 Å². The van der Waals surface area contributed by atoms with Crippen molar-refractivity contribution in [3.63, 3.8) is 0 Å². The number of aromatic nitrogens is 2. The number of hydrogen-bond acceptors (Lipinski definition) is 4. The van der Waals surface area contributed by atoms with Crippen molar-refractivity contribution in [2.75, 3.05) is 0 Å². The fraction of sp³-hybridized carbons (Fsp3) is 0.273. The molecule has 1 atom stereocenters. The molecule has 0 aliphatic heterocycles. The Morgan fingerprint density at radius 2 is 2.33 bits per heavy atom. The molecule has 0 amide bonds. The van der Waals surface area contributed by atoms with E-state index in [4.69, 9.17) is 10.3 Å². The maximum Gasteiger partial charge on any atom is 0.214 e. The zero-order valence-corrected chi connectivity index (χ0v) is 8.55. The first-order valence-electron chi connectivity index (χ1n) is 4.87. The highest BCUT2D eigenvalue weighted by molar-refractivity contribution is 5.55. The third-order valence-corrected chi connectivity index (χ3v) is 2.10. The van der Waals surface area contributed by atoms with Crippen LogP contribution in [0.1, 0.15) is 12.5 Å². The fourth-order valence-corrected chi connectivity index (χ4v) is 1.51. The Morgan fingerprint density at radius 1 is 1.47 bits per heavy atom. The van der Waals surface area contributed by atoms with Gasteiger partial charge in [0.25, 0.3) is 0 Å². The van der Waals surface area contributed by atoms with Crippen molar-refractivity contribution < 1.29 is 4.52 Å². The lowest BCUT2D eigenvalue weighted by Crippen LogP contribution is -2.17. The summed E-state index contributed by atoms with van der Waals surface area (Å²) >= 11 is 0. The molecule has 0 bridgehead atoms. The molecule has 1 aromatic heterocycles. The van der Waals surface area contributed by atoms with Crippen molar-refractivity contribution in [2.45, 2.75) is 19.4 Å². The SMILES string of the molecule is CC(N)Cc1cccc(-c2ncon2)c1. The van der Waals surface area contributed by atoms with Crippen LogP contribution in [0.3, 0.4) is 0 Å². The Morgan fingerprint density at radius 3 is 3.00 bits per heavy atom. The van der Waals surface area contributed by atoms with Crippen molar-refractivity contribution in [3.8, 4) is 11.4 Å². The van der Waals surface area contributed by atoms with Crippen molar-refractivity contribution >= 4 is 0 Å². The summed E-state index contributed by atoms with van der Waals surface area (Å²) in [6, 6.07) is 8.17. The molecule has 1 heterocycles. The predicted molar refractivity (Wildman–Crippen MR) is 57.1 cm³/mol. The summed E-state index contributed by atoms with van der Waals surface area (Å²) in [6.45, 7) is 1.99. The van der Waals surface area contributed by atoms with Gasteiger partial charge in [0.05, 0.1) is 0 Å². The number of benzene rings is 1. The number of rotatable bonds is 3. The summed E-state index contributed by atoms with van der Waals surface area (Å²) in [5.74, 6) is 0.613. The molecule has 0 saturated carbocycles. The van der Waals surface area contributed by atoms with Crippen LogP contribution in [0.25, 0.3) is 11.4 Å². The quantitative estimate of drug-likeness (QED) is 0.823. The fourth-order valence-electron chi connectivity index (χ4n) is 1.51. The van der Waals surface area contributed by atoms with E-state index in [9.17, 15) is 0 Å². The molecule has 15 heavy (non-hydrogen) atoms. The summed E-state index contributed by atoms with van der Waals surface area (Å²) in [5.41, 5.74) is 7.89. The monoisotopic (exact) mass is 203 g/mol. The highest BCUT2D eigenvalue weighted by Gasteiger charge is 2.04. The van der Waals surface area contributed by atoms with E-state index in [1.807, 2.05) is 31.2 Å². The molecule has 0 aliphatic rings. The number of hydrogen-bond donors (Lipinski definition) is 1. The highest BCUT2D eigenvalue weighted by Crippen LogP contribution is 2.16. The van der Waals surface area contributed by atoms with Crippen LogP contribution < -0.4 is 5.73 Å². The first-order valence-corrected chi connectivity index (χ1v) is 4.87. The Labute approximate surface area is 88.1 Å². The lowest BCUT2D eigenvalue weighted by molar-refractivity contribution is 0.419. The van der Waals surface area contributed by atoms with E-state index in [1.54, 1.807) is 0 Å².